The zero-order valence-electron chi connectivity index (χ0n) is 21.1. The molecule has 1 saturated heterocycles. The maximum atomic E-state index is 13.2. The first-order valence-electron chi connectivity index (χ1n) is 11.9. The van der Waals surface area contributed by atoms with E-state index in [0.717, 1.165) is 23.3 Å². The van der Waals surface area contributed by atoms with Crippen molar-refractivity contribution in [2.75, 3.05) is 33.8 Å². The van der Waals surface area contributed by atoms with E-state index in [9.17, 15) is 14.7 Å². The number of Topliss-reactive ketones (excluding diaryl/α,β-unsaturated/α-hetero) is 1. The smallest absolute Gasteiger partial charge is 0.295 e. The lowest BCUT2D eigenvalue weighted by Crippen LogP contribution is -2.35. The number of aliphatic hydroxyl groups is 1. The molecule has 6 nitrogen and oxygen atoms in total. The SMILES string of the molecule is CCc1ccc(C2/C(=C(/O)c3ccc(OCC(C)C)c(C)c3)C(=O)C(=O)N2CCN(C)C)cc1. The van der Waals surface area contributed by atoms with E-state index in [4.69, 9.17) is 4.74 Å². The van der Waals surface area contributed by atoms with Gasteiger partial charge >= 0.3 is 0 Å². The van der Waals surface area contributed by atoms with Gasteiger partial charge in [-0.1, -0.05) is 45.0 Å². The number of benzene rings is 2. The predicted molar refractivity (Wildman–Crippen MR) is 135 cm³/mol. The molecule has 1 unspecified atom stereocenters. The summed E-state index contributed by atoms with van der Waals surface area (Å²) in [4.78, 5) is 29.7. The number of hydrogen-bond donors (Lipinski definition) is 1. The zero-order chi connectivity index (χ0) is 25.0. The van der Waals surface area contributed by atoms with E-state index in [1.165, 1.54) is 5.56 Å². The molecule has 6 heteroatoms. The minimum Gasteiger partial charge on any atom is -0.507 e. The molecule has 1 N–H and O–H groups in total. The molecular weight excluding hydrogens is 428 g/mol. The Hall–Kier alpha value is -3.12. The summed E-state index contributed by atoms with van der Waals surface area (Å²) in [5, 5.41) is 11.3. The van der Waals surface area contributed by atoms with Crippen molar-refractivity contribution < 1.29 is 19.4 Å². The van der Waals surface area contributed by atoms with E-state index in [0.29, 0.717) is 31.2 Å². The van der Waals surface area contributed by atoms with Crippen LogP contribution in [0.15, 0.2) is 48.0 Å². The van der Waals surface area contributed by atoms with Crippen molar-refractivity contribution in [1.29, 1.82) is 0 Å². The highest BCUT2D eigenvalue weighted by Gasteiger charge is 2.45. The minimum atomic E-state index is -0.654. The van der Waals surface area contributed by atoms with Crippen molar-refractivity contribution in [2.45, 2.75) is 40.2 Å². The summed E-state index contributed by atoms with van der Waals surface area (Å²) in [7, 11) is 3.85. The fourth-order valence-corrected chi connectivity index (χ4v) is 4.07. The zero-order valence-corrected chi connectivity index (χ0v) is 21.1. The van der Waals surface area contributed by atoms with Crippen molar-refractivity contribution in [2.24, 2.45) is 5.92 Å². The van der Waals surface area contributed by atoms with Crippen LogP contribution in [0.1, 0.15) is 49.1 Å². The first kappa shape index (κ1) is 25.5. The Balaban J connectivity index is 2.06. The maximum Gasteiger partial charge on any atom is 0.295 e. The van der Waals surface area contributed by atoms with Crippen molar-refractivity contribution in [3.8, 4) is 5.75 Å². The number of rotatable bonds is 9. The van der Waals surface area contributed by atoms with Gasteiger partial charge in [0.25, 0.3) is 11.7 Å². The molecule has 0 spiro atoms. The molecule has 182 valence electrons. The Morgan fingerprint density at radius 1 is 1.12 bits per heavy atom. The molecule has 1 heterocycles. The number of hydrogen-bond acceptors (Lipinski definition) is 5. The van der Waals surface area contributed by atoms with E-state index < -0.39 is 17.7 Å². The van der Waals surface area contributed by atoms with Crippen LogP contribution < -0.4 is 4.74 Å². The molecule has 3 rings (SSSR count). The van der Waals surface area contributed by atoms with Gasteiger partial charge in [-0.25, -0.2) is 0 Å². The molecule has 1 amide bonds. The Kier molecular flexibility index (Phi) is 8.15. The van der Waals surface area contributed by atoms with E-state index in [-0.39, 0.29) is 11.3 Å². The monoisotopic (exact) mass is 464 g/mol. The van der Waals surface area contributed by atoms with Gasteiger partial charge < -0.3 is 19.6 Å². The topological polar surface area (TPSA) is 70.1 Å². The van der Waals surface area contributed by atoms with Crippen LogP contribution in [0, 0.1) is 12.8 Å². The molecule has 0 radical (unpaired) electrons. The summed E-state index contributed by atoms with van der Waals surface area (Å²) in [5.41, 5.74) is 3.46. The van der Waals surface area contributed by atoms with Crippen LogP contribution in [0.5, 0.6) is 5.75 Å². The van der Waals surface area contributed by atoms with Crippen LogP contribution in [-0.2, 0) is 16.0 Å². The average Bonchev–Trinajstić information content (AvgIpc) is 3.06. The molecule has 2 aromatic carbocycles. The highest BCUT2D eigenvalue weighted by Crippen LogP contribution is 2.39. The fraction of sp³-hybridized carbons (Fsp3) is 0.429. The standard InChI is InChI=1S/C28H36N2O4/c1-7-20-8-10-21(11-9-20)25-24(27(32)28(33)30(25)15-14-29(5)6)26(31)22-12-13-23(19(4)16-22)34-17-18(2)3/h8-13,16,18,25,31H,7,14-15,17H2,1-6H3/b26-24-. The van der Waals surface area contributed by atoms with Gasteiger partial charge in [-0.15, -0.1) is 0 Å². The van der Waals surface area contributed by atoms with Gasteiger partial charge in [0.15, 0.2) is 0 Å². The van der Waals surface area contributed by atoms with Crippen LogP contribution in [-0.4, -0.2) is 60.4 Å². The number of aryl methyl sites for hydroxylation is 2. The van der Waals surface area contributed by atoms with Crippen LogP contribution >= 0.6 is 0 Å². The van der Waals surface area contributed by atoms with Crippen LogP contribution in [0.25, 0.3) is 5.76 Å². The summed E-state index contributed by atoms with van der Waals surface area (Å²) in [6, 6.07) is 12.6. The predicted octanol–water partition coefficient (Wildman–Crippen LogP) is 4.58. The Morgan fingerprint density at radius 2 is 1.79 bits per heavy atom. The van der Waals surface area contributed by atoms with E-state index in [1.807, 2.05) is 50.2 Å². The second-order valence-corrected chi connectivity index (χ2v) is 9.58. The van der Waals surface area contributed by atoms with Crippen molar-refractivity contribution in [3.63, 3.8) is 0 Å². The fourth-order valence-electron chi connectivity index (χ4n) is 4.07. The molecule has 0 saturated carbocycles. The molecule has 34 heavy (non-hydrogen) atoms. The normalized spacial score (nSPS) is 17.8. The van der Waals surface area contributed by atoms with Crippen molar-refractivity contribution in [3.05, 3.63) is 70.3 Å². The van der Waals surface area contributed by atoms with Gasteiger partial charge in [0.05, 0.1) is 18.2 Å². The largest absolute Gasteiger partial charge is 0.507 e. The van der Waals surface area contributed by atoms with Gasteiger partial charge in [-0.3, -0.25) is 9.59 Å². The number of likely N-dealkylation sites (N-methyl/N-ethyl adjacent to an activating group) is 1. The molecule has 1 aliphatic heterocycles. The third-order valence-corrected chi connectivity index (χ3v) is 6.05. The van der Waals surface area contributed by atoms with E-state index in [1.54, 1.807) is 23.1 Å². The summed E-state index contributed by atoms with van der Waals surface area (Å²) in [5.74, 6) is -0.262. The van der Waals surface area contributed by atoms with Crippen LogP contribution in [0.3, 0.4) is 0 Å². The average molecular weight is 465 g/mol. The highest BCUT2D eigenvalue weighted by molar-refractivity contribution is 6.46. The lowest BCUT2D eigenvalue weighted by atomic mass is 9.94. The summed E-state index contributed by atoms with van der Waals surface area (Å²) < 4.78 is 5.85. The van der Waals surface area contributed by atoms with Crippen LogP contribution in [0.2, 0.25) is 0 Å². The molecule has 2 aromatic rings. The number of carbonyl (C=O) groups is 2. The van der Waals surface area contributed by atoms with Gasteiger partial charge in [-0.2, -0.15) is 0 Å². The number of ketones is 1. The number of ether oxygens (including phenoxy) is 1. The third kappa shape index (κ3) is 5.50. The van der Waals surface area contributed by atoms with E-state index in [2.05, 4.69) is 20.8 Å². The molecule has 1 aliphatic rings. The van der Waals surface area contributed by atoms with Gasteiger partial charge in [-0.05, 0) is 68.2 Å². The minimum absolute atomic E-state index is 0.128. The molecule has 0 bridgehead atoms. The molecule has 1 fully saturated rings. The maximum absolute atomic E-state index is 13.2. The number of carbonyl (C=O) groups excluding carboxylic acids is 2. The lowest BCUT2D eigenvalue weighted by molar-refractivity contribution is -0.140. The first-order valence-corrected chi connectivity index (χ1v) is 11.9. The quantitative estimate of drug-likeness (QED) is 0.334. The number of likely N-dealkylation sites (tertiary alicyclic amines) is 1. The Morgan fingerprint density at radius 3 is 2.35 bits per heavy atom. The molecule has 1 atom stereocenters. The number of nitrogens with zero attached hydrogens (tertiary/aromatic N) is 2. The van der Waals surface area contributed by atoms with Gasteiger partial charge in [0.2, 0.25) is 0 Å². The summed E-state index contributed by atoms with van der Waals surface area (Å²) in [6.45, 7) is 9.73. The second-order valence-electron chi connectivity index (χ2n) is 9.58. The molecule has 0 aromatic heterocycles. The van der Waals surface area contributed by atoms with Crippen molar-refractivity contribution in [1.82, 2.24) is 9.80 Å². The molecular formula is C28H36N2O4. The molecule has 0 aliphatic carbocycles. The van der Waals surface area contributed by atoms with Gasteiger partial charge in [0, 0.05) is 18.7 Å². The highest BCUT2D eigenvalue weighted by atomic mass is 16.5. The summed E-state index contributed by atoms with van der Waals surface area (Å²) >= 11 is 0. The number of aliphatic hydroxyl groups excluding tert-OH is 1. The van der Waals surface area contributed by atoms with Crippen molar-refractivity contribution >= 4 is 17.4 Å². The Labute approximate surface area is 202 Å². The first-order chi connectivity index (χ1) is 16.1. The second kappa shape index (κ2) is 10.9. The summed E-state index contributed by atoms with van der Waals surface area (Å²) in [6.07, 6.45) is 0.894. The number of amides is 1. The Bertz CT molecular complexity index is 1070. The lowest BCUT2D eigenvalue weighted by Gasteiger charge is -2.26. The van der Waals surface area contributed by atoms with E-state index >= 15 is 0 Å². The van der Waals surface area contributed by atoms with Gasteiger partial charge in [0.1, 0.15) is 11.5 Å². The third-order valence-electron chi connectivity index (χ3n) is 6.05. The van der Waals surface area contributed by atoms with Crippen LogP contribution in [0.4, 0.5) is 0 Å².